The fraction of sp³-hybridized carbons (Fsp3) is 0.231. The lowest BCUT2D eigenvalue weighted by molar-refractivity contribution is -0.133. The molecule has 0 saturated heterocycles. The van der Waals surface area contributed by atoms with Crippen LogP contribution in [0.4, 0.5) is 5.69 Å². The van der Waals surface area contributed by atoms with Crippen LogP contribution in [0, 0.1) is 10.5 Å². The average Bonchev–Trinajstić information content (AvgIpc) is 2.31. The SMILES string of the molecule is CC(C(=O)O)=C(C)C(=O)Nc1ccc(C)c(I)c1. The minimum atomic E-state index is -1.08. The van der Waals surface area contributed by atoms with E-state index in [1.54, 1.807) is 6.07 Å². The van der Waals surface area contributed by atoms with Crippen LogP contribution in [-0.2, 0) is 9.59 Å². The van der Waals surface area contributed by atoms with Crippen LogP contribution in [0.1, 0.15) is 19.4 Å². The van der Waals surface area contributed by atoms with E-state index in [2.05, 4.69) is 27.9 Å². The molecule has 1 aromatic carbocycles. The zero-order valence-corrected chi connectivity index (χ0v) is 12.5. The molecular formula is C13H14INO3. The van der Waals surface area contributed by atoms with E-state index in [9.17, 15) is 9.59 Å². The number of hydrogen-bond donors (Lipinski definition) is 2. The van der Waals surface area contributed by atoms with E-state index < -0.39 is 11.9 Å². The second-order valence-electron chi connectivity index (χ2n) is 3.97. The summed E-state index contributed by atoms with van der Waals surface area (Å²) in [5.41, 5.74) is 2.04. The Bertz CT molecular complexity index is 535. The monoisotopic (exact) mass is 359 g/mol. The van der Waals surface area contributed by atoms with Gasteiger partial charge in [0.15, 0.2) is 0 Å². The van der Waals surface area contributed by atoms with E-state index in [1.165, 1.54) is 13.8 Å². The van der Waals surface area contributed by atoms with Crippen molar-refractivity contribution in [3.8, 4) is 0 Å². The molecule has 0 aliphatic heterocycles. The van der Waals surface area contributed by atoms with Crippen LogP contribution in [0.15, 0.2) is 29.3 Å². The highest BCUT2D eigenvalue weighted by Crippen LogP contribution is 2.18. The first-order chi connectivity index (χ1) is 8.32. The first kappa shape index (κ1) is 14.7. The minimum Gasteiger partial charge on any atom is -0.478 e. The standard InChI is InChI=1S/C13H14INO3/c1-7-4-5-10(6-11(7)14)15-12(16)8(2)9(3)13(17)18/h4-6H,1-3H3,(H,15,16)(H,17,18). The quantitative estimate of drug-likeness (QED) is 0.644. The van der Waals surface area contributed by atoms with Crippen molar-refractivity contribution in [2.75, 3.05) is 5.32 Å². The third kappa shape index (κ3) is 3.56. The van der Waals surface area contributed by atoms with Crippen LogP contribution < -0.4 is 5.32 Å². The molecule has 4 nitrogen and oxygen atoms in total. The Hall–Kier alpha value is -1.37. The summed E-state index contributed by atoms with van der Waals surface area (Å²) in [5, 5.41) is 11.5. The fourth-order valence-corrected chi connectivity index (χ4v) is 1.74. The van der Waals surface area contributed by atoms with Gasteiger partial charge in [-0.3, -0.25) is 4.79 Å². The molecule has 0 aliphatic carbocycles. The predicted octanol–water partition coefficient (Wildman–Crippen LogP) is 2.96. The van der Waals surface area contributed by atoms with E-state index in [1.807, 2.05) is 19.1 Å². The van der Waals surface area contributed by atoms with Gasteiger partial charge in [0.2, 0.25) is 0 Å². The second kappa shape index (κ2) is 5.99. The molecule has 0 radical (unpaired) electrons. The number of rotatable bonds is 3. The molecule has 0 aromatic heterocycles. The highest BCUT2D eigenvalue weighted by Gasteiger charge is 2.12. The number of hydrogen-bond acceptors (Lipinski definition) is 2. The van der Waals surface area contributed by atoms with Crippen molar-refractivity contribution in [1.29, 1.82) is 0 Å². The van der Waals surface area contributed by atoms with Crippen LogP contribution in [0.25, 0.3) is 0 Å². The fourth-order valence-electron chi connectivity index (χ4n) is 1.23. The number of aryl methyl sites for hydroxylation is 1. The van der Waals surface area contributed by atoms with Crippen molar-refractivity contribution in [1.82, 2.24) is 0 Å². The molecule has 5 heteroatoms. The molecule has 0 unspecified atom stereocenters. The van der Waals surface area contributed by atoms with Gasteiger partial charge in [-0.15, -0.1) is 0 Å². The number of aliphatic carboxylic acids is 1. The summed E-state index contributed by atoms with van der Waals surface area (Å²) in [7, 11) is 0. The molecule has 1 amide bonds. The molecule has 0 fully saturated rings. The molecule has 0 saturated carbocycles. The summed E-state index contributed by atoms with van der Waals surface area (Å²) in [6.45, 7) is 4.89. The maximum Gasteiger partial charge on any atom is 0.331 e. The number of carbonyl (C=O) groups is 2. The van der Waals surface area contributed by atoms with Crippen LogP contribution in [0.3, 0.4) is 0 Å². The molecule has 2 N–H and O–H groups in total. The van der Waals surface area contributed by atoms with Gasteiger partial charge in [0.25, 0.3) is 5.91 Å². The van der Waals surface area contributed by atoms with Gasteiger partial charge in [-0.25, -0.2) is 4.79 Å². The smallest absolute Gasteiger partial charge is 0.331 e. The zero-order valence-electron chi connectivity index (χ0n) is 10.4. The number of benzene rings is 1. The third-order valence-corrected chi connectivity index (χ3v) is 3.82. The Balaban J connectivity index is 2.92. The highest BCUT2D eigenvalue weighted by atomic mass is 127. The van der Waals surface area contributed by atoms with E-state index in [0.29, 0.717) is 5.69 Å². The van der Waals surface area contributed by atoms with Gasteiger partial charge in [0, 0.05) is 20.4 Å². The highest BCUT2D eigenvalue weighted by molar-refractivity contribution is 14.1. The lowest BCUT2D eigenvalue weighted by atomic mass is 10.1. The lowest BCUT2D eigenvalue weighted by Gasteiger charge is -2.08. The summed E-state index contributed by atoms with van der Waals surface area (Å²) in [6, 6.07) is 5.54. The van der Waals surface area contributed by atoms with Crippen molar-refractivity contribution >= 4 is 40.2 Å². The number of halogens is 1. The first-order valence-corrected chi connectivity index (χ1v) is 6.39. The Morgan fingerprint density at radius 2 is 1.83 bits per heavy atom. The molecule has 0 aliphatic rings. The van der Waals surface area contributed by atoms with Crippen molar-refractivity contribution in [2.45, 2.75) is 20.8 Å². The summed E-state index contributed by atoms with van der Waals surface area (Å²) >= 11 is 2.18. The van der Waals surface area contributed by atoms with Crippen molar-refractivity contribution in [3.63, 3.8) is 0 Å². The van der Waals surface area contributed by atoms with E-state index in [4.69, 9.17) is 5.11 Å². The minimum absolute atomic E-state index is 0.0503. The molecule has 18 heavy (non-hydrogen) atoms. The Morgan fingerprint density at radius 3 is 2.33 bits per heavy atom. The van der Waals surface area contributed by atoms with Gasteiger partial charge < -0.3 is 10.4 Å². The summed E-state index contributed by atoms with van der Waals surface area (Å²) < 4.78 is 1.04. The van der Waals surface area contributed by atoms with Crippen molar-refractivity contribution in [3.05, 3.63) is 38.5 Å². The first-order valence-electron chi connectivity index (χ1n) is 5.31. The second-order valence-corrected chi connectivity index (χ2v) is 5.14. The van der Waals surface area contributed by atoms with Crippen molar-refractivity contribution < 1.29 is 14.7 Å². The normalized spacial score (nSPS) is 11.8. The number of anilines is 1. The van der Waals surface area contributed by atoms with E-state index in [-0.39, 0.29) is 11.1 Å². The Labute approximate surface area is 119 Å². The largest absolute Gasteiger partial charge is 0.478 e. The molecule has 0 heterocycles. The zero-order chi connectivity index (χ0) is 13.9. The van der Waals surface area contributed by atoms with Gasteiger partial charge in [-0.1, -0.05) is 6.07 Å². The number of nitrogens with one attached hydrogen (secondary N) is 1. The average molecular weight is 359 g/mol. The number of carboxylic acid groups (broad SMARTS) is 1. The molecular weight excluding hydrogens is 345 g/mol. The number of amides is 1. The van der Waals surface area contributed by atoms with Gasteiger partial charge >= 0.3 is 5.97 Å². The topological polar surface area (TPSA) is 66.4 Å². The van der Waals surface area contributed by atoms with Crippen LogP contribution in [0.2, 0.25) is 0 Å². The lowest BCUT2D eigenvalue weighted by Crippen LogP contribution is -2.16. The predicted molar refractivity (Wildman–Crippen MR) is 78.5 cm³/mol. The van der Waals surface area contributed by atoms with Gasteiger partial charge in [-0.05, 0) is 61.1 Å². The molecule has 96 valence electrons. The van der Waals surface area contributed by atoms with Crippen LogP contribution >= 0.6 is 22.6 Å². The maximum atomic E-state index is 11.8. The summed E-state index contributed by atoms with van der Waals surface area (Å²) in [5.74, 6) is -1.48. The van der Waals surface area contributed by atoms with Gasteiger partial charge in [-0.2, -0.15) is 0 Å². The van der Waals surface area contributed by atoms with Gasteiger partial charge in [0.1, 0.15) is 0 Å². The van der Waals surface area contributed by atoms with Crippen molar-refractivity contribution in [2.24, 2.45) is 0 Å². The molecule has 1 aromatic rings. The third-order valence-electron chi connectivity index (χ3n) is 2.65. The Morgan fingerprint density at radius 1 is 1.22 bits per heavy atom. The molecule has 0 spiro atoms. The molecule has 1 rings (SSSR count). The van der Waals surface area contributed by atoms with E-state index in [0.717, 1.165) is 9.13 Å². The summed E-state index contributed by atoms with van der Waals surface area (Å²) in [4.78, 5) is 22.6. The van der Waals surface area contributed by atoms with Crippen LogP contribution in [-0.4, -0.2) is 17.0 Å². The number of carboxylic acids is 1. The van der Waals surface area contributed by atoms with Gasteiger partial charge in [0.05, 0.1) is 0 Å². The Kier molecular flexibility index (Phi) is 4.89. The van der Waals surface area contributed by atoms with E-state index >= 15 is 0 Å². The van der Waals surface area contributed by atoms with Crippen LogP contribution in [0.5, 0.6) is 0 Å². The maximum absolute atomic E-state index is 11.8. The summed E-state index contributed by atoms with van der Waals surface area (Å²) in [6.07, 6.45) is 0. The molecule has 0 bridgehead atoms. The molecule has 0 atom stereocenters. The number of carbonyl (C=O) groups excluding carboxylic acids is 1.